The molecular formula is C13H13FN4. The van der Waals surface area contributed by atoms with Crippen molar-refractivity contribution in [2.45, 2.75) is 19.4 Å². The van der Waals surface area contributed by atoms with Gasteiger partial charge in [-0.1, -0.05) is 6.58 Å². The van der Waals surface area contributed by atoms with Gasteiger partial charge in [0.1, 0.15) is 17.1 Å². The average Bonchev–Trinajstić information content (AvgIpc) is 2.68. The first kappa shape index (κ1) is 12.1. The molecule has 0 bridgehead atoms. The van der Waals surface area contributed by atoms with Crippen LogP contribution in [0.3, 0.4) is 0 Å². The van der Waals surface area contributed by atoms with Gasteiger partial charge in [0.25, 0.3) is 0 Å². The highest BCUT2D eigenvalue weighted by atomic mass is 19.1. The van der Waals surface area contributed by atoms with Crippen LogP contribution in [0.1, 0.15) is 19.5 Å². The van der Waals surface area contributed by atoms with Crippen LogP contribution in [0.25, 0.3) is 16.6 Å². The second-order valence-corrected chi connectivity index (χ2v) is 4.62. The second kappa shape index (κ2) is 3.84. The Morgan fingerprint density at radius 1 is 1.56 bits per heavy atom. The maximum absolute atomic E-state index is 13.3. The predicted molar refractivity (Wildman–Crippen MR) is 67.8 cm³/mol. The van der Waals surface area contributed by atoms with E-state index < -0.39 is 5.54 Å². The molecule has 0 fully saturated rings. The van der Waals surface area contributed by atoms with E-state index in [9.17, 15) is 4.39 Å². The molecule has 0 radical (unpaired) electrons. The van der Waals surface area contributed by atoms with Gasteiger partial charge in [-0.3, -0.25) is 0 Å². The smallest absolute Gasteiger partial charge is 0.143 e. The molecule has 2 rings (SSSR count). The number of nitriles is 1. The summed E-state index contributed by atoms with van der Waals surface area (Å²) in [6.45, 7) is 7.05. The SMILES string of the molecule is C=C(N)c1nn(C(C)(C)C#N)c2cc(F)ccc12. The largest absolute Gasteiger partial charge is 0.397 e. The summed E-state index contributed by atoms with van der Waals surface area (Å²) in [5.41, 5.74) is 6.08. The minimum atomic E-state index is -0.889. The van der Waals surface area contributed by atoms with E-state index in [4.69, 9.17) is 11.0 Å². The van der Waals surface area contributed by atoms with E-state index >= 15 is 0 Å². The third-order valence-corrected chi connectivity index (χ3v) is 2.75. The Labute approximate surface area is 104 Å². The third-order valence-electron chi connectivity index (χ3n) is 2.75. The highest BCUT2D eigenvalue weighted by molar-refractivity contribution is 5.90. The molecule has 5 heteroatoms. The van der Waals surface area contributed by atoms with Gasteiger partial charge >= 0.3 is 0 Å². The lowest BCUT2D eigenvalue weighted by Crippen LogP contribution is -2.25. The molecule has 0 unspecified atom stereocenters. The number of hydrogen-bond acceptors (Lipinski definition) is 3. The van der Waals surface area contributed by atoms with Gasteiger partial charge in [-0.05, 0) is 32.0 Å². The Hall–Kier alpha value is -2.35. The maximum atomic E-state index is 13.3. The molecule has 0 aliphatic carbocycles. The number of nitrogens with zero attached hydrogens (tertiary/aromatic N) is 3. The molecule has 0 amide bonds. The van der Waals surface area contributed by atoms with Crippen LogP contribution in [0.4, 0.5) is 4.39 Å². The summed E-state index contributed by atoms with van der Waals surface area (Å²) < 4.78 is 14.8. The number of rotatable bonds is 2. The molecule has 0 saturated heterocycles. The number of benzene rings is 1. The minimum absolute atomic E-state index is 0.291. The Balaban J connectivity index is 2.87. The Bertz CT molecular complexity index is 676. The van der Waals surface area contributed by atoms with Crippen molar-refractivity contribution in [3.8, 4) is 6.07 Å². The van der Waals surface area contributed by atoms with Gasteiger partial charge in [-0.15, -0.1) is 0 Å². The first-order valence-corrected chi connectivity index (χ1v) is 5.41. The predicted octanol–water partition coefficient (Wildman–Crippen LogP) is 2.36. The summed E-state index contributed by atoms with van der Waals surface area (Å²) in [6, 6.07) is 6.40. The molecule has 1 heterocycles. The molecule has 0 atom stereocenters. The van der Waals surface area contributed by atoms with E-state index in [1.54, 1.807) is 19.9 Å². The van der Waals surface area contributed by atoms with Crippen LogP contribution in [0.2, 0.25) is 0 Å². The van der Waals surface area contributed by atoms with Crippen molar-refractivity contribution in [3.05, 3.63) is 36.3 Å². The van der Waals surface area contributed by atoms with Gasteiger partial charge in [0.15, 0.2) is 0 Å². The van der Waals surface area contributed by atoms with E-state index in [1.165, 1.54) is 16.8 Å². The Morgan fingerprint density at radius 3 is 2.78 bits per heavy atom. The quantitative estimate of drug-likeness (QED) is 0.881. The summed E-state index contributed by atoms with van der Waals surface area (Å²) in [7, 11) is 0. The number of aromatic nitrogens is 2. The zero-order valence-electron chi connectivity index (χ0n) is 10.2. The van der Waals surface area contributed by atoms with Crippen molar-refractivity contribution in [2.75, 3.05) is 0 Å². The van der Waals surface area contributed by atoms with Crippen molar-refractivity contribution in [2.24, 2.45) is 5.73 Å². The number of halogens is 1. The average molecular weight is 244 g/mol. The van der Waals surface area contributed by atoms with Crippen LogP contribution in [-0.4, -0.2) is 9.78 Å². The van der Waals surface area contributed by atoms with Crippen LogP contribution in [-0.2, 0) is 5.54 Å². The third kappa shape index (κ3) is 1.72. The van der Waals surface area contributed by atoms with Gasteiger partial charge in [-0.25, -0.2) is 9.07 Å². The van der Waals surface area contributed by atoms with Crippen LogP contribution in [0.15, 0.2) is 24.8 Å². The second-order valence-electron chi connectivity index (χ2n) is 4.62. The molecule has 0 spiro atoms. The molecular weight excluding hydrogens is 231 g/mol. The fraction of sp³-hybridized carbons (Fsp3) is 0.231. The summed E-state index contributed by atoms with van der Waals surface area (Å²) in [5, 5.41) is 14.1. The first-order valence-electron chi connectivity index (χ1n) is 5.41. The lowest BCUT2D eigenvalue weighted by atomic mass is 10.1. The molecule has 1 aromatic carbocycles. The van der Waals surface area contributed by atoms with Crippen molar-refractivity contribution >= 4 is 16.6 Å². The van der Waals surface area contributed by atoms with Gasteiger partial charge < -0.3 is 5.73 Å². The van der Waals surface area contributed by atoms with Crippen molar-refractivity contribution in [1.29, 1.82) is 5.26 Å². The molecule has 92 valence electrons. The van der Waals surface area contributed by atoms with E-state index in [2.05, 4.69) is 17.7 Å². The summed E-state index contributed by atoms with van der Waals surface area (Å²) >= 11 is 0. The van der Waals surface area contributed by atoms with Crippen LogP contribution >= 0.6 is 0 Å². The van der Waals surface area contributed by atoms with Crippen molar-refractivity contribution in [1.82, 2.24) is 9.78 Å². The van der Waals surface area contributed by atoms with Crippen molar-refractivity contribution < 1.29 is 4.39 Å². The molecule has 0 saturated carbocycles. The normalized spacial score (nSPS) is 11.4. The fourth-order valence-corrected chi connectivity index (χ4v) is 1.80. The van der Waals surface area contributed by atoms with Crippen LogP contribution in [0.5, 0.6) is 0 Å². The Morgan fingerprint density at radius 2 is 2.22 bits per heavy atom. The standard InChI is InChI=1S/C13H13FN4/c1-8(16)12-10-5-4-9(14)6-11(10)18(17-12)13(2,3)7-15/h4-6H,1,16H2,2-3H3. The van der Waals surface area contributed by atoms with Crippen molar-refractivity contribution in [3.63, 3.8) is 0 Å². The minimum Gasteiger partial charge on any atom is -0.397 e. The zero-order valence-corrected chi connectivity index (χ0v) is 10.2. The molecule has 2 aromatic rings. The monoisotopic (exact) mass is 244 g/mol. The number of nitrogens with two attached hydrogens (primary N) is 1. The molecule has 2 N–H and O–H groups in total. The summed E-state index contributed by atoms with van der Waals surface area (Å²) in [6.07, 6.45) is 0. The maximum Gasteiger partial charge on any atom is 0.143 e. The first-order chi connectivity index (χ1) is 8.36. The van der Waals surface area contributed by atoms with Gasteiger partial charge in [-0.2, -0.15) is 10.4 Å². The molecule has 1 aromatic heterocycles. The lowest BCUT2D eigenvalue weighted by Gasteiger charge is -2.17. The lowest BCUT2D eigenvalue weighted by molar-refractivity contribution is 0.431. The zero-order chi connectivity index (χ0) is 13.5. The fourth-order valence-electron chi connectivity index (χ4n) is 1.80. The van der Waals surface area contributed by atoms with E-state index in [1.807, 2.05) is 0 Å². The molecule has 18 heavy (non-hydrogen) atoms. The van der Waals surface area contributed by atoms with E-state index in [-0.39, 0.29) is 5.82 Å². The highest BCUT2D eigenvalue weighted by Crippen LogP contribution is 2.27. The molecule has 4 nitrogen and oxygen atoms in total. The van der Waals surface area contributed by atoms with Crippen LogP contribution in [0, 0.1) is 17.1 Å². The summed E-state index contributed by atoms with van der Waals surface area (Å²) in [4.78, 5) is 0. The van der Waals surface area contributed by atoms with Gasteiger partial charge in [0.05, 0.1) is 17.3 Å². The van der Waals surface area contributed by atoms with E-state index in [0.717, 1.165) is 0 Å². The van der Waals surface area contributed by atoms with Gasteiger partial charge in [0, 0.05) is 5.39 Å². The topological polar surface area (TPSA) is 67.6 Å². The summed E-state index contributed by atoms with van der Waals surface area (Å²) in [5.74, 6) is -0.383. The number of fused-ring (bicyclic) bond motifs is 1. The molecule has 0 aliphatic rings. The Kier molecular flexibility index (Phi) is 2.59. The molecule has 0 aliphatic heterocycles. The van der Waals surface area contributed by atoms with Gasteiger partial charge in [0.2, 0.25) is 0 Å². The highest BCUT2D eigenvalue weighted by Gasteiger charge is 2.25. The number of hydrogen-bond donors (Lipinski definition) is 1. The van der Waals surface area contributed by atoms with E-state index in [0.29, 0.717) is 22.3 Å². The van der Waals surface area contributed by atoms with Crippen LogP contribution < -0.4 is 5.73 Å².